The molecule has 136 valence electrons. The number of anilines is 1. The Bertz CT molecular complexity index is 1190. The van der Waals surface area contributed by atoms with Crippen molar-refractivity contribution in [2.45, 2.75) is 14.1 Å². The Morgan fingerprint density at radius 3 is 2.89 bits per heavy atom. The van der Waals surface area contributed by atoms with Crippen molar-refractivity contribution in [3.8, 4) is 0 Å². The van der Waals surface area contributed by atoms with Gasteiger partial charge < -0.3 is 5.32 Å². The van der Waals surface area contributed by atoms with Crippen molar-refractivity contribution in [2.75, 3.05) is 5.32 Å². The summed E-state index contributed by atoms with van der Waals surface area (Å²) < 4.78 is 24.4. The molecule has 0 aliphatic carbocycles. The summed E-state index contributed by atoms with van der Waals surface area (Å²) in [6.45, 7) is 0. The van der Waals surface area contributed by atoms with Gasteiger partial charge in [0.2, 0.25) is 14.8 Å². The van der Waals surface area contributed by atoms with Crippen LogP contribution < -0.4 is 5.32 Å². The molecule has 1 aliphatic heterocycles. The molecule has 1 amide bonds. The van der Waals surface area contributed by atoms with E-state index in [4.69, 9.17) is 11.6 Å². The van der Waals surface area contributed by atoms with E-state index in [-0.39, 0.29) is 9.90 Å². The van der Waals surface area contributed by atoms with E-state index in [9.17, 15) is 13.2 Å². The first-order valence-corrected chi connectivity index (χ1v) is 11.0. The van der Waals surface area contributed by atoms with Gasteiger partial charge in [-0.1, -0.05) is 40.8 Å². The summed E-state index contributed by atoms with van der Waals surface area (Å²) in [4.78, 5) is 17.2. The van der Waals surface area contributed by atoms with E-state index in [1.54, 1.807) is 24.4 Å². The lowest BCUT2D eigenvalue weighted by atomic mass is 10.2. The molecule has 0 bridgehead atoms. The SMILES string of the molecule is O=C(Nc1ccc2c(c1)S(=O)(=O)C=C2)c1nnc(Sc2ccncc2Cl)s1. The molecule has 0 fully saturated rings. The second-order valence-electron chi connectivity index (χ2n) is 5.34. The number of nitrogens with one attached hydrogen (secondary N) is 1. The molecule has 7 nitrogen and oxygen atoms in total. The predicted octanol–water partition coefficient (Wildman–Crippen LogP) is 3.75. The van der Waals surface area contributed by atoms with Crippen LogP contribution in [0.3, 0.4) is 0 Å². The first-order chi connectivity index (χ1) is 12.9. The summed E-state index contributed by atoms with van der Waals surface area (Å²) in [7, 11) is -3.44. The van der Waals surface area contributed by atoms with Gasteiger partial charge in [0.1, 0.15) is 0 Å². The van der Waals surface area contributed by atoms with Crippen LogP contribution in [-0.4, -0.2) is 29.5 Å². The van der Waals surface area contributed by atoms with E-state index >= 15 is 0 Å². The third kappa shape index (κ3) is 3.74. The number of hydrogen-bond donors (Lipinski definition) is 1. The fraction of sp³-hybridized carbons (Fsp3) is 0. The molecular formula is C16H9ClN4O3S3. The molecule has 0 atom stereocenters. The van der Waals surface area contributed by atoms with Crippen LogP contribution in [0.2, 0.25) is 5.02 Å². The van der Waals surface area contributed by atoms with Gasteiger partial charge in [0.05, 0.1) is 9.92 Å². The summed E-state index contributed by atoms with van der Waals surface area (Å²) in [5.74, 6) is -0.469. The molecule has 0 unspecified atom stereocenters. The van der Waals surface area contributed by atoms with E-state index in [1.807, 2.05) is 0 Å². The first-order valence-electron chi connectivity index (χ1n) is 7.42. The van der Waals surface area contributed by atoms with Crippen molar-refractivity contribution in [1.82, 2.24) is 15.2 Å². The number of aromatic nitrogens is 3. The van der Waals surface area contributed by atoms with Gasteiger partial charge >= 0.3 is 0 Å². The van der Waals surface area contributed by atoms with Crippen LogP contribution in [0.15, 0.2) is 56.2 Å². The van der Waals surface area contributed by atoms with Crippen molar-refractivity contribution in [1.29, 1.82) is 0 Å². The normalized spacial score (nSPS) is 14.1. The van der Waals surface area contributed by atoms with Crippen molar-refractivity contribution in [3.05, 3.63) is 57.7 Å². The molecule has 1 aliphatic rings. The molecule has 27 heavy (non-hydrogen) atoms. The van der Waals surface area contributed by atoms with Gasteiger partial charge in [0, 0.05) is 28.4 Å². The molecule has 3 aromatic rings. The molecule has 3 heterocycles. The van der Waals surface area contributed by atoms with Crippen molar-refractivity contribution in [3.63, 3.8) is 0 Å². The van der Waals surface area contributed by atoms with Gasteiger partial charge in [0.25, 0.3) is 5.91 Å². The number of carbonyl (C=O) groups is 1. The zero-order valence-electron chi connectivity index (χ0n) is 13.3. The minimum Gasteiger partial charge on any atom is -0.320 e. The maximum atomic E-state index is 12.4. The Morgan fingerprint density at radius 2 is 2.07 bits per heavy atom. The van der Waals surface area contributed by atoms with Crippen LogP contribution in [-0.2, 0) is 9.84 Å². The van der Waals surface area contributed by atoms with E-state index in [0.29, 0.717) is 20.6 Å². The third-order valence-corrected chi connectivity index (χ3v) is 7.46. The Hall–Kier alpha value is -2.27. The lowest BCUT2D eigenvalue weighted by Crippen LogP contribution is -2.12. The van der Waals surface area contributed by atoms with Gasteiger partial charge in [-0.05, 0) is 29.8 Å². The van der Waals surface area contributed by atoms with Gasteiger partial charge in [-0.3, -0.25) is 9.78 Å². The van der Waals surface area contributed by atoms with Crippen molar-refractivity contribution in [2.24, 2.45) is 0 Å². The van der Waals surface area contributed by atoms with E-state index in [2.05, 4.69) is 20.5 Å². The maximum Gasteiger partial charge on any atom is 0.286 e. The first kappa shape index (κ1) is 18.1. The number of fused-ring (bicyclic) bond motifs is 1. The number of amides is 1. The zero-order chi connectivity index (χ0) is 19.0. The Balaban J connectivity index is 1.50. The topological polar surface area (TPSA) is 102 Å². The van der Waals surface area contributed by atoms with Crippen LogP contribution in [0.1, 0.15) is 15.4 Å². The summed E-state index contributed by atoms with van der Waals surface area (Å²) >= 11 is 8.45. The Kier molecular flexibility index (Phi) is 4.72. The van der Waals surface area contributed by atoms with Crippen molar-refractivity contribution < 1.29 is 13.2 Å². The summed E-state index contributed by atoms with van der Waals surface area (Å²) in [5, 5.41) is 12.3. The third-order valence-electron chi connectivity index (χ3n) is 3.54. The highest BCUT2D eigenvalue weighted by molar-refractivity contribution is 8.01. The average molecular weight is 437 g/mol. The van der Waals surface area contributed by atoms with Crippen LogP contribution in [0.4, 0.5) is 5.69 Å². The second kappa shape index (κ2) is 7.04. The lowest BCUT2D eigenvalue weighted by molar-refractivity contribution is 0.102. The monoisotopic (exact) mass is 436 g/mol. The van der Waals surface area contributed by atoms with Crippen LogP contribution in [0.5, 0.6) is 0 Å². The molecule has 0 radical (unpaired) electrons. The minimum absolute atomic E-state index is 0.157. The number of sulfone groups is 1. The summed E-state index contributed by atoms with van der Waals surface area (Å²) in [6.07, 6.45) is 4.66. The molecular weight excluding hydrogens is 428 g/mol. The number of pyridine rings is 1. The predicted molar refractivity (Wildman–Crippen MR) is 104 cm³/mol. The molecule has 11 heteroatoms. The van der Waals surface area contributed by atoms with E-state index < -0.39 is 15.7 Å². The van der Waals surface area contributed by atoms with Gasteiger partial charge in [0.15, 0.2) is 4.34 Å². The summed E-state index contributed by atoms with van der Waals surface area (Å²) in [5.41, 5.74) is 0.962. The molecule has 0 saturated carbocycles. The van der Waals surface area contributed by atoms with E-state index in [0.717, 1.165) is 21.6 Å². The fourth-order valence-corrected chi connectivity index (χ4v) is 5.46. The smallest absolute Gasteiger partial charge is 0.286 e. The number of rotatable bonds is 4. The molecule has 0 spiro atoms. The van der Waals surface area contributed by atoms with Crippen LogP contribution >= 0.6 is 34.7 Å². The van der Waals surface area contributed by atoms with Gasteiger partial charge in [-0.25, -0.2) is 8.42 Å². The number of carbonyl (C=O) groups excluding carboxylic acids is 1. The molecule has 4 rings (SSSR count). The highest BCUT2D eigenvalue weighted by Gasteiger charge is 2.22. The minimum atomic E-state index is -3.44. The largest absolute Gasteiger partial charge is 0.320 e. The maximum absolute atomic E-state index is 12.4. The summed E-state index contributed by atoms with van der Waals surface area (Å²) in [6, 6.07) is 6.44. The quantitative estimate of drug-likeness (QED) is 0.664. The highest BCUT2D eigenvalue weighted by Crippen LogP contribution is 2.34. The van der Waals surface area contributed by atoms with Crippen LogP contribution in [0.25, 0.3) is 6.08 Å². The highest BCUT2D eigenvalue weighted by atomic mass is 35.5. The Labute approximate surface area is 167 Å². The van der Waals surface area contributed by atoms with E-state index in [1.165, 1.54) is 30.1 Å². The number of benzene rings is 1. The average Bonchev–Trinajstić information content (AvgIpc) is 3.22. The number of hydrogen-bond acceptors (Lipinski definition) is 8. The molecule has 1 N–H and O–H groups in total. The molecule has 2 aromatic heterocycles. The van der Waals surface area contributed by atoms with Gasteiger partial charge in [-0.2, -0.15) is 0 Å². The fourth-order valence-electron chi connectivity index (χ4n) is 2.30. The zero-order valence-corrected chi connectivity index (χ0v) is 16.5. The lowest BCUT2D eigenvalue weighted by Gasteiger charge is -2.05. The number of halogens is 1. The standard InChI is InChI=1S/C16H9ClN4O3S3/c17-11-8-18-5-3-12(11)25-16-21-20-15(26-16)14(22)19-10-2-1-9-4-6-27(23,24)13(9)7-10/h1-8H,(H,19,22). The Morgan fingerprint density at radius 1 is 1.22 bits per heavy atom. The number of nitrogens with zero attached hydrogens (tertiary/aromatic N) is 3. The second-order valence-corrected chi connectivity index (χ2v) is 9.81. The van der Waals surface area contributed by atoms with Crippen molar-refractivity contribution >= 4 is 62.2 Å². The molecule has 0 saturated heterocycles. The van der Waals surface area contributed by atoms with Gasteiger partial charge in [-0.15, -0.1) is 10.2 Å². The van der Waals surface area contributed by atoms with Crippen LogP contribution in [0, 0.1) is 0 Å². The molecule has 1 aromatic carbocycles.